The maximum Gasteiger partial charge on any atom is 0.274 e. The first kappa shape index (κ1) is 21.2. The third-order valence-electron chi connectivity index (χ3n) is 4.80. The molecule has 0 radical (unpaired) electrons. The average Bonchev–Trinajstić information content (AvgIpc) is 3.33. The molecule has 1 aromatic heterocycles. The van der Waals surface area contributed by atoms with Crippen molar-refractivity contribution in [3.8, 4) is 10.4 Å². The minimum absolute atomic E-state index is 0. The second-order valence-electron chi connectivity index (χ2n) is 7.03. The Bertz CT molecular complexity index is 776. The highest BCUT2D eigenvalue weighted by Gasteiger charge is 2.32. The summed E-state index contributed by atoms with van der Waals surface area (Å²) in [7, 11) is 0. The fourth-order valence-electron chi connectivity index (χ4n) is 3.31. The van der Waals surface area contributed by atoms with Gasteiger partial charge in [0.2, 0.25) is 0 Å². The first-order valence-electron chi connectivity index (χ1n) is 8.74. The molecule has 2 aliphatic rings. The normalized spacial score (nSPS) is 19.5. The third kappa shape index (κ3) is 4.39. The molecule has 4 rings (SSSR count). The van der Waals surface area contributed by atoms with Crippen LogP contribution in [0.4, 0.5) is 0 Å². The summed E-state index contributed by atoms with van der Waals surface area (Å²) in [6.07, 6.45) is 4.37. The van der Waals surface area contributed by atoms with E-state index in [9.17, 15) is 4.79 Å². The van der Waals surface area contributed by atoms with Gasteiger partial charge in [-0.15, -0.1) is 36.2 Å². The second kappa shape index (κ2) is 8.70. The average molecular weight is 414 g/mol. The Kier molecular flexibility index (Phi) is 7.08. The zero-order valence-corrected chi connectivity index (χ0v) is 17.3. The van der Waals surface area contributed by atoms with Crippen LogP contribution in [0.5, 0.6) is 0 Å². The molecule has 2 fully saturated rings. The van der Waals surface area contributed by atoms with Crippen molar-refractivity contribution in [1.82, 2.24) is 9.88 Å². The zero-order valence-electron chi connectivity index (χ0n) is 14.8. The van der Waals surface area contributed by atoms with E-state index < -0.39 is 0 Å². The summed E-state index contributed by atoms with van der Waals surface area (Å²) in [6, 6.07) is 8.44. The molecule has 1 aliphatic heterocycles. The predicted molar refractivity (Wildman–Crippen MR) is 112 cm³/mol. The number of nitrogens with zero attached hydrogens (tertiary/aromatic N) is 2. The van der Waals surface area contributed by atoms with Gasteiger partial charge >= 0.3 is 0 Å². The van der Waals surface area contributed by atoms with Crippen LogP contribution in [-0.4, -0.2) is 34.9 Å². The van der Waals surface area contributed by atoms with Crippen LogP contribution in [0.25, 0.3) is 10.4 Å². The van der Waals surface area contributed by atoms with Gasteiger partial charge in [0.15, 0.2) is 0 Å². The Morgan fingerprint density at radius 3 is 2.69 bits per heavy atom. The molecule has 1 atom stereocenters. The Morgan fingerprint density at radius 2 is 2.04 bits per heavy atom. The monoisotopic (exact) mass is 413 g/mol. The van der Waals surface area contributed by atoms with E-state index in [1.807, 2.05) is 11.0 Å². The van der Waals surface area contributed by atoms with Crippen molar-refractivity contribution in [3.05, 3.63) is 40.5 Å². The van der Waals surface area contributed by atoms with Gasteiger partial charge in [0, 0.05) is 25.0 Å². The lowest BCUT2D eigenvalue weighted by atomic mass is 10.1. The van der Waals surface area contributed by atoms with E-state index >= 15 is 0 Å². The lowest BCUT2D eigenvalue weighted by molar-refractivity contribution is 0.0704. The van der Waals surface area contributed by atoms with E-state index in [1.165, 1.54) is 18.4 Å². The number of hydrogen-bond donors (Lipinski definition) is 1. The summed E-state index contributed by atoms with van der Waals surface area (Å²) < 4.78 is 0. The van der Waals surface area contributed by atoms with Crippen molar-refractivity contribution in [2.75, 3.05) is 13.1 Å². The summed E-state index contributed by atoms with van der Waals surface area (Å²) >= 11 is 1.70. The minimum Gasteiger partial charge on any atom is -0.336 e. The number of aryl methyl sites for hydroxylation is 1. The predicted octanol–water partition coefficient (Wildman–Crippen LogP) is 4.40. The molecule has 1 aromatic carbocycles. The van der Waals surface area contributed by atoms with Crippen LogP contribution in [0, 0.1) is 6.92 Å². The van der Waals surface area contributed by atoms with Crippen LogP contribution < -0.4 is 5.73 Å². The van der Waals surface area contributed by atoms with E-state index in [1.54, 1.807) is 11.3 Å². The molecule has 0 spiro atoms. The number of rotatable bonds is 3. The molecule has 142 valence electrons. The van der Waals surface area contributed by atoms with Gasteiger partial charge in [-0.2, -0.15) is 0 Å². The SMILES string of the molecule is Cc1cccc(-c2sc(C3CC3)nc2C(=O)N2CCC[C@@H](N)C2)c1.Cl.Cl. The first-order chi connectivity index (χ1) is 11.6. The van der Waals surface area contributed by atoms with Crippen molar-refractivity contribution in [3.63, 3.8) is 0 Å². The molecule has 7 heteroatoms. The summed E-state index contributed by atoms with van der Waals surface area (Å²) in [5.74, 6) is 0.605. The number of likely N-dealkylation sites (tertiary alicyclic amines) is 1. The van der Waals surface area contributed by atoms with Crippen LogP contribution >= 0.6 is 36.2 Å². The fourth-order valence-corrected chi connectivity index (χ4v) is 4.54. The molecule has 0 bridgehead atoms. The van der Waals surface area contributed by atoms with Crippen molar-refractivity contribution < 1.29 is 4.79 Å². The first-order valence-corrected chi connectivity index (χ1v) is 9.56. The van der Waals surface area contributed by atoms with Crippen molar-refractivity contribution >= 4 is 42.1 Å². The van der Waals surface area contributed by atoms with Crippen LogP contribution in [0.15, 0.2) is 24.3 Å². The summed E-state index contributed by atoms with van der Waals surface area (Å²) in [4.78, 5) is 20.8. The number of hydrogen-bond acceptors (Lipinski definition) is 4. The van der Waals surface area contributed by atoms with Crippen LogP contribution in [0.2, 0.25) is 0 Å². The Hall–Kier alpha value is -1.14. The van der Waals surface area contributed by atoms with Crippen molar-refractivity contribution in [2.45, 2.75) is 44.6 Å². The van der Waals surface area contributed by atoms with Crippen LogP contribution in [-0.2, 0) is 0 Å². The number of carbonyl (C=O) groups is 1. The highest BCUT2D eigenvalue weighted by atomic mass is 35.5. The number of piperidine rings is 1. The molecule has 26 heavy (non-hydrogen) atoms. The molecule has 1 aliphatic carbocycles. The lowest BCUT2D eigenvalue weighted by Gasteiger charge is -2.30. The maximum atomic E-state index is 13.1. The van der Waals surface area contributed by atoms with E-state index in [-0.39, 0.29) is 36.8 Å². The van der Waals surface area contributed by atoms with Crippen LogP contribution in [0.3, 0.4) is 0 Å². The van der Waals surface area contributed by atoms with Gasteiger partial charge < -0.3 is 10.6 Å². The number of benzene rings is 1. The molecule has 1 saturated heterocycles. The van der Waals surface area contributed by atoms with Crippen molar-refractivity contribution in [1.29, 1.82) is 0 Å². The molecule has 0 unspecified atom stereocenters. The fraction of sp³-hybridized carbons (Fsp3) is 0.474. The number of carbonyl (C=O) groups excluding carboxylic acids is 1. The molecule has 2 heterocycles. The van der Waals surface area contributed by atoms with E-state index in [4.69, 9.17) is 10.7 Å². The molecule has 1 saturated carbocycles. The summed E-state index contributed by atoms with van der Waals surface area (Å²) in [6.45, 7) is 3.51. The van der Waals surface area contributed by atoms with E-state index in [0.29, 0.717) is 18.2 Å². The van der Waals surface area contributed by atoms with Gasteiger partial charge in [-0.25, -0.2) is 4.98 Å². The highest BCUT2D eigenvalue weighted by Crippen LogP contribution is 2.45. The standard InChI is InChI=1S/C19H23N3OS.2ClH/c1-12-4-2-5-14(10-12)17-16(21-18(24-17)13-7-8-13)19(23)22-9-3-6-15(20)11-22;;/h2,4-5,10,13,15H,3,6-9,11,20H2,1H3;2*1H/t15-;;/m1../s1. The smallest absolute Gasteiger partial charge is 0.274 e. The van der Waals surface area contributed by atoms with Gasteiger partial charge in [-0.1, -0.05) is 29.8 Å². The quantitative estimate of drug-likeness (QED) is 0.810. The highest BCUT2D eigenvalue weighted by molar-refractivity contribution is 7.15. The second-order valence-corrected chi connectivity index (χ2v) is 8.06. The Labute approximate surface area is 171 Å². The number of amides is 1. The molecular weight excluding hydrogens is 389 g/mol. The van der Waals surface area contributed by atoms with E-state index in [2.05, 4.69) is 25.1 Å². The van der Waals surface area contributed by atoms with Gasteiger partial charge in [-0.3, -0.25) is 4.79 Å². The van der Waals surface area contributed by atoms with E-state index in [0.717, 1.165) is 34.8 Å². The topological polar surface area (TPSA) is 59.2 Å². The summed E-state index contributed by atoms with van der Waals surface area (Å²) in [5.41, 5.74) is 8.99. The number of aromatic nitrogens is 1. The Morgan fingerprint density at radius 1 is 1.27 bits per heavy atom. The lowest BCUT2D eigenvalue weighted by Crippen LogP contribution is -2.45. The zero-order chi connectivity index (χ0) is 16.7. The molecular formula is C19H25Cl2N3OS. The minimum atomic E-state index is 0. The molecule has 2 N–H and O–H groups in total. The van der Waals surface area contributed by atoms with Gasteiger partial charge in [0.05, 0.1) is 9.88 Å². The largest absolute Gasteiger partial charge is 0.336 e. The van der Waals surface area contributed by atoms with Gasteiger partial charge in [0.25, 0.3) is 5.91 Å². The maximum absolute atomic E-state index is 13.1. The third-order valence-corrected chi connectivity index (χ3v) is 6.07. The number of halogens is 2. The van der Waals surface area contributed by atoms with Gasteiger partial charge in [-0.05, 0) is 38.2 Å². The summed E-state index contributed by atoms with van der Waals surface area (Å²) in [5, 5.41) is 1.12. The molecule has 2 aromatic rings. The van der Waals surface area contributed by atoms with Gasteiger partial charge in [0.1, 0.15) is 5.69 Å². The Balaban J connectivity index is 0.00000121. The molecule has 4 nitrogen and oxygen atoms in total. The van der Waals surface area contributed by atoms with Crippen LogP contribution in [0.1, 0.15) is 52.7 Å². The molecule has 1 amide bonds. The van der Waals surface area contributed by atoms with Crippen molar-refractivity contribution in [2.24, 2.45) is 5.73 Å². The number of thiazole rings is 1. The number of nitrogens with two attached hydrogens (primary N) is 1.